The van der Waals surface area contributed by atoms with E-state index < -0.39 is 0 Å². The highest BCUT2D eigenvalue weighted by molar-refractivity contribution is 9.10. The van der Waals surface area contributed by atoms with E-state index in [4.69, 9.17) is 4.74 Å². The van der Waals surface area contributed by atoms with Crippen LogP contribution < -0.4 is 15.6 Å². The largest absolute Gasteiger partial charge is 0.482 e. The number of halogens is 1. The van der Waals surface area contributed by atoms with E-state index in [0.717, 1.165) is 21.7 Å². The van der Waals surface area contributed by atoms with Crippen LogP contribution in [0.3, 0.4) is 0 Å². The van der Waals surface area contributed by atoms with E-state index >= 15 is 0 Å². The van der Waals surface area contributed by atoms with Gasteiger partial charge in [0.25, 0.3) is 0 Å². The number of ether oxygens (including phenoxy) is 1. The third-order valence-corrected chi connectivity index (χ3v) is 2.45. The minimum absolute atomic E-state index is 0.455. The van der Waals surface area contributed by atoms with Crippen molar-refractivity contribution in [1.29, 1.82) is 0 Å². The fourth-order valence-corrected chi connectivity index (χ4v) is 1.73. The summed E-state index contributed by atoms with van der Waals surface area (Å²) >= 11 is 3.41. The second kappa shape index (κ2) is 3.98. The average molecular weight is 256 g/mol. The number of para-hydroxylation sites is 1. The van der Waals surface area contributed by atoms with Gasteiger partial charge in [0.15, 0.2) is 11.6 Å². The van der Waals surface area contributed by atoms with Crippen molar-refractivity contribution in [2.75, 3.05) is 13.7 Å². The number of nitrogens with zero attached hydrogens (tertiary/aromatic N) is 1. The van der Waals surface area contributed by atoms with E-state index in [1.165, 1.54) is 0 Å². The first-order chi connectivity index (χ1) is 6.81. The molecule has 1 aliphatic heterocycles. The van der Waals surface area contributed by atoms with E-state index in [-0.39, 0.29) is 0 Å². The van der Waals surface area contributed by atoms with Gasteiger partial charge in [-0.1, -0.05) is 6.07 Å². The minimum Gasteiger partial charge on any atom is -0.482 e. The van der Waals surface area contributed by atoms with Crippen LogP contribution in [-0.2, 0) is 0 Å². The number of aliphatic imine (C=N–C) groups is 1. The molecule has 1 aromatic carbocycles. The van der Waals surface area contributed by atoms with Gasteiger partial charge in [-0.05, 0) is 28.1 Å². The fraction of sp³-hybridized carbons (Fsp3) is 0.222. The van der Waals surface area contributed by atoms with Crippen LogP contribution in [0, 0.1) is 0 Å². The maximum Gasteiger partial charge on any atom is 0.159 e. The standard InChI is InChI=1S/C9H10BrN3O/c1-11-13-8-5-14-9-6(10)3-2-4-7(9)12-8/h2-4,11H,5H2,1H3,(H,12,13). The molecule has 1 aromatic rings. The molecular weight excluding hydrogens is 246 g/mol. The van der Waals surface area contributed by atoms with Crippen LogP contribution in [0.25, 0.3) is 0 Å². The molecule has 0 atom stereocenters. The minimum atomic E-state index is 0.455. The van der Waals surface area contributed by atoms with Crippen molar-refractivity contribution in [2.45, 2.75) is 0 Å². The van der Waals surface area contributed by atoms with Crippen LogP contribution in [0.5, 0.6) is 5.75 Å². The summed E-state index contributed by atoms with van der Waals surface area (Å²) in [5, 5.41) is 0. The second-order valence-electron chi connectivity index (χ2n) is 2.81. The van der Waals surface area contributed by atoms with Crippen LogP contribution in [-0.4, -0.2) is 19.5 Å². The van der Waals surface area contributed by atoms with Crippen molar-refractivity contribution >= 4 is 27.5 Å². The number of hydrogen-bond donors (Lipinski definition) is 2. The van der Waals surface area contributed by atoms with E-state index in [1.54, 1.807) is 7.05 Å². The predicted octanol–water partition coefficient (Wildman–Crippen LogP) is 1.60. The smallest absolute Gasteiger partial charge is 0.159 e. The lowest BCUT2D eigenvalue weighted by atomic mass is 10.3. The van der Waals surface area contributed by atoms with Crippen molar-refractivity contribution < 1.29 is 4.74 Å². The first-order valence-electron chi connectivity index (χ1n) is 4.23. The van der Waals surface area contributed by atoms with Gasteiger partial charge in [0.2, 0.25) is 0 Å². The maximum absolute atomic E-state index is 5.54. The number of fused-ring (bicyclic) bond motifs is 1. The Kier molecular flexibility index (Phi) is 2.69. The zero-order chi connectivity index (χ0) is 9.97. The number of benzene rings is 1. The average Bonchev–Trinajstić information content (AvgIpc) is 2.18. The van der Waals surface area contributed by atoms with Gasteiger partial charge in [-0.15, -0.1) is 0 Å². The second-order valence-corrected chi connectivity index (χ2v) is 3.66. The van der Waals surface area contributed by atoms with Crippen molar-refractivity contribution in [1.82, 2.24) is 10.9 Å². The summed E-state index contributed by atoms with van der Waals surface area (Å²) in [4.78, 5) is 4.38. The number of amidine groups is 1. The van der Waals surface area contributed by atoms with Crippen LogP contribution in [0.1, 0.15) is 0 Å². The molecule has 0 aliphatic carbocycles. The number of hydrogen-bond acceptors (Lipinski definition) is 4. The molecule has 0 bridgehead atoms. The Balaban J connectivity index is 2.35. The molecule has 5 heteroatoms. The van der Waals surface area contributed by atoms with Gasteiger partial charge in [-0.3, -0.25) is 0 Å². The van der Waals surface area contributed by atoms with E-state index in [0.29, 0.717) is 6.61 Å². The molecule has 0 radical (unpaired) electrons. The van der Waals surface area contributed by atoms with Gasteiger partial charge in [0.1, 0.15) is 12.3 Å². The number of hydrazine groups is 1. The normalized spacial score (nSPS) is 14.0. The van der Waals surface area contributed by atoms with E-state index in [9.17, 15) is 0 Å². The summed E-state index contributed by atoms with van der Waals surface area (Å²) in [5.74, 6) is 1.58. The Morgan fingerprint density at radius 1 is 1.50 bits per heavy atom. The lowest BCUT2D eigenvalue weighted by Crippen LogP contribution is -2.38. The third kappa shape index (κ3) is 1.73. The van der Waals surface area contributed by atoms with Crippen LogP contribution in [0.2, 0.25) is 0 Å². The molecule has 0 amide bonds. The van der Waals surface area contributed by atoms with Gasteiger partial charge >= 0.3 is 0 Å². The molecule has 2 rings (SSSR count). The Morgan fingerprint density at radius 3 is 3.14 bits per heavy atom. The van der Waals surface area contributed by atoms with Gasteiger partial charge in [-0.25, -0.2) is 10.4 Å². The topological polar surface area (TPSA) is 45.7 Å². The van der Waals surface area contributed by atoms with E-state index in [2.05, 4.69) is 31.8 Å². The molecule has 14 heavy (non-hydrogen) atoms. The lowest BCUT2D eigenvalue weighted by Gasteiger charge is -2.18. The monoisotopic (exact) mass is 255 g/mol. The Morgan fingerprint density at radius 2 is 2.36 bits per heavy atom. The highest BCUT2D eigenvalue weighted by Gasteiger charge is 2.14. The lowest BCUT2D eigenvalue weighted by molar-refractivity contribution is 0.363. The molecule has 0 saturated heterocycles. The molecule has 0 saturated carbocycles. The summed E-state index contributed by atoms with van der Waals surface area (Å²) in [5.41, 5.74) is 6.55. The zero-order valence-electron chi connectivity index (χ0n) is 7.67. The van der Waals surface area contributed by atoms with Gasteiger partial charge < -0.3 is 10.2 Å². The van der Waals surface area contributed by atoms with Crippen molar-refractivity contribution in [3.63, 3.8) is 0 Å². The number of rotatable bonds is 1. The van der Waals surface area contributed by atoms with Crippen LogP contribution in [0.15, 0.2) is 27.7 Å². The Hall–Kier alpha value is -1.07. The van der Waals surface area contributed by atoms with Crippen LogP contribution >= 0.6 is 15.9 Å². The van der Waals surface area contributed by atoms with Crippen molar-refractivity contribution in [2.24, 2.45) is 4.99 Å². The molecule has 0 aromatic heterocycles. The Labute approximate surface area is 90.5 Å². The molecule has 2 N–H and O–H groups in total. The zero-order valence-corrected chi connectivity index (χ0v) is 9.26. The first-order valence-corrected chi connectivity index (χ1v) is 5.02. The molecule has 1 aliphatic rings. The van der Waals surface area contributed by atoms with Gasteiger partial charge in [0, 0.05) is 7.05 Å². The molecular formula is C9H10BrN3O. The molecule has 0 fully saturated rings. The SMILES string of the molecule is CNNC1=Nc2cccc(Br)c2OC1. The summed E-state index contributed by atoms with van der Waals surface area (Å²) < 4.78 is 6.47. The van der Waals surface area contributed by atoms with Gasteiger partial charge in [-0.2, -0.15) is 0 Å². The fourth-order valence-electron chi connectivity index (χ4n) is 1.25. The highest BCUT2D eigenvalue weighted by Crippen LogP contribution is 2.36. The molecule has 1 heterocycles. The third-order valence-electron chi connectivity index (χ3n) is 1.82. The predicted molar refractivity (Wildman–Crippen MR) is 58.9 cm³/mol. The summed E-state index contributed by atoms with van der Waals surface area (Å²) in [6, 6.07) is 5.78. The quantitative estimate of drug-likeness (QED) is 0.750. The Bertz CT molecular complexity index is 378. The summed E-state index contributed by atoms with van der Waals surface area (Å²) in [7, 11) is 1.79. The molecule has 0 unspecified atom stereocenters. The maximum atomic E-state index is 5.54. The van der Waals surface area contributed by atoms with Gasteiger partial charge in [0.05, 0.1) is 4.47 Å². The van der Waals surface area contributed by atoms with Crippen molar-refractivity contribution in [3.05, 3.63) is 22.7 Å². The first kappa shape index (κ1) is 9.48. The van der Waals surface area contributed by atoms with Crippen molar-refractivity contribution in [3.8, 4) is 5.75 Å². The summed E-state index contributed by atoms with van der Waals surface area (Å²) in [6.07, 6.45) is 0. The highest BCUT2D eigenvalue weighted by atomic mass is 79.9. The molecule has 0 spiro atoms. The van der Waals surface area contributed by atoms with Crippen LogP contribution in [0.4, 0.5) is 5.69 Å². The molecule has 74 valence electrons. The molecule has 4 nitrogen and oxygen atoms in total. The number of nitrogens with one attached hydrogen (secondary N) is 2. The summed E-state index contributed by atoms with van der Waals surface area (Å²) in [6.45, 7) is 0.455. The van der Waals surface area contributed by atoms with E-state index in [1.807, 2.05) is 18.2 Å².